The Morgan fingerprint density at radius 1 is 1.17 bits per heavy atom. The van der Waals surface area contributed by atoms with Gasteiger partial charge in [0, 0.05) is 22.9 Å². The van der Waals surface area contributed by atoms with E-state index in [4.69, 9.17) is 0 Å². The molecule has 3 saturated carbocycles. The molecule has 7 atom stereocenters. The lowest BCUT2D eigenvalue weighted by atomic mass is 9.48. The molecule has 162 valence electrons. The van der Waals surface area contributed by atoms with Crippen LogP contribution in [0.15, 0.2) is 12.2 Å². The van der Waals surface area contributed by atoms with E-state index in [0.717, 1.165) is 32.1 Å². The van der Waals surface area contributed by atoms with Gasteiger partial charge in [0.2, 0.25) is 11.8 Å². The number of hydrogen-bond acceptors (Lipinski definition) is 2. The summed E-state index contributed by atoms with van der Waals surface area (Å²) >= 11 is 0. The highest BCUT2D eigenvalue weighted by Gasteiger charge is 2.61. The summed E-state index contributed by atoms with van der Waals surface area (Å²) in [6.45, 7) is 11.3. The van der Waals surface area contributed by atoms with Crippen LogP contribution < -0.4 is 10.6 Å². The SMILES string of the molecule is CCCC(C)(C)NC(=O)[C@H]1CC[C@H]2[C@@H]3CC[C@H]4NC(=O)C=C[C@]4(C)[C@H]3CC[C@]12C. The fraction of sp³-hybridized carbons (Fsp3) is 0.840. The van der Waals surface area contributed by atoms with E-state index in [-0.39, 0.29) is 40.1 Å². The molecular weight excluding hydrogens is 360 g/mol. The zero-order valence-electron chi connectivity index (χ0n) is 19.0. The zero-order valence-corrected chi connectivity index (χ0v) is 19.0. The summed E-state index contributed by atoms with van der Waals surface area (Å²) in [6.07, 6.45) is 12.9. The van der Waals surface area contributed by atoms with Crippen LogP contribution in [0.25, 0.3) is 0 Å². The Bertz CT molecular complexity index is 714. The lowest BCUT2D eigenvalue weighted by molar-refractivity contribution is -0.135. The molecule has 0 aromatic rings. The molecule has 2 amide bonds. The fourth-order valence-electron chi connectivity index (χ4n) is 7.87. The van der Waals surface area contributed by atoms with Crippen LogP contribution in [0.1, 0.15) is 86.0 Å². The van der Waals surface area contributed by atoms with Gasteiger partial charge in [-0.05, 0) is 88.0 Å². The summed E-state index contributed by atoms with van der Waals surface area (Å²) in [4.78, 5) is 25.2. The summed E-state index contributed by atoms with van der Waals surface area (Å²) in [5.41, 5.74) is 0.0775. The van der Waals surface area contributed by atoms with Crippen molar-refractivity contribution in [3.8, 4) is 0 Å². The molecule has 4 heteroatoms. The Kier molecular flexibility index (Phi) is 5.15. The van der Waals surface area contributed by atoms with Crippen molar-refractivity contribution in [1.29, 1.82) is 0 Å². The van der Waals surface area contributed by atoms with Crippen LogP contribution in [0.4, 0.5) is 0 Å². The fourth-order valence-corrected chi connectivity index (χ4v) is 7.87. The maximum absolute atomic E-state index is 13.3. The number of hydrogen-bond donors (Lipinski definition) is 2. The molecule has 4 rings (SSSR count). The predicted octanol–water partition coefficient (Wildman–Crippen LogP) is 4.59. The molecule has 3 fully saturated rings. The van der Waals surface area contributed by atoms with E-state index >= 15 is 0 Å². The number of rotatable bonds is 4. The molecule has 0 unspecified atom stereocenters. The molecule has 4 nitrogen and oxygen atoms in total. The first-order valence-electron chi connectivity index (χ1n) is 11.9. The molecule has 0 aromatic carbocycles. The standard InChI is InChI=1S/C25H40N2O2/c1-6-13-23(2,3)27-22(29)19-9-8-17-16-7-10-20-25(5,15-12-21(28)26-20)18(16)11-14-24(17,19)4/h12,15-20H,6-11,13-14H2,1-5H3,(H,26,28)(H,27,29)/t16-,17-,18-,19+,20+,24-,25+/m0/s1. The summed E-state index contributed by atoms with van der Waals surface area (Å²) in [7, 11) is 0. The molecule has 4 aliphatic rings. The first-order chi connectivity index (χ1) is 13.6. The minimum atomic E-state index is -0.117. The van der Waals surface area contributed by atoms with Gasteiger partial charge in [-0.2, -0.15) is 0 Å². The van der Waals surface area contributed by atoms with Gasteiger partial charge in [0.25, 0.3) is 0 Å². The molecule has 29 heavy (non-hydrogen) atoms. The second-order valence-corrected chi connectivity index (χ2v) is 11.5. The van der Waals surface area contributed by atoms with Crippen molar-refractivity contribution in [2.45, 2.75) is 97.6 Å². The molecule has 0 radical (unpaired) electrons. The summed E-state index contributed by atoms with van der Waals surface area (Å²) in [6, 6.07) is 0.279. The number of fused-ring (bicyclic) bond motifs is 5. The van der Waals surface area contributed by atoms with Crippen LogP contribution in [0.2, 0.25) is 0 Å². The minimum absolute atomic E-state index is 0.0684. The van der Waals surface area contributed by atoms with Gasteiger partial charge in [-0.3, -0.25) is 9.59 Å². The molecule has 0 saturated heterocycles. The third kappa shape index (κ3) is 3.35. The maximum atomic E-state index is 13.3. The van der Waals surface area contributed by atoms with Crippen molar-refractivity contribution in [3.63, 3.8) is 0 Å². The summed E-state index contributed by atoms with van der Waals surface area (Å²) in [5.74, 6) is 2.44. The largest absolute Gasteiger partial charge is 0.351 e. The van der Waals surface area contributed by atoms with E-state index in [9.17, 15) is 9.59 Å². The predicted molar refractivity (Wildman–Crippen MR) is 116 cm³/mol. The quantitative estimate of drug-likeness (QED) is 0.725. The van der Waals surface area contributed by atoms with Crippen molar-refractivity contribution in [3.05, 3.63) is 12.2 Å². The molecule has 2 N–H and O–H groups in total. The van der Waals surface area contributed by atoms with Crippen molar-refractivity contribution >= 4 is 11.8 Å². The number of amides is 2. The molecular formula is C25H40N2O2. The third-order valence-corrected chi connectivity index (χ3v) is 9.34. The van der Waals surface area contributed by atoms with Crippen LogP contribution in [0.3, 0.4) is 0 Å². The number of carbonyl (C=O) groups is 2. The van der Waals surface area contributed by atoms with E-state index in [2.05, 4.69) is 51.3 Å². The van der Waals surface area contributed by atoms with E-state index in [1.807, 2.05) is 0 Å². The van der Waals surface area contributed by atoms with Crippen LogP contribution in [0.5, 0.6) is 0 Å². The van der Waals surface area contributed by atoms with Crippen molar-refractivity contribution in [2.24, 2.45) is 34.5 Å². The van der Waals surface area contributed by atoms with Crippen molar-refractivity contribution in [2.75, 3.05) is 0 Å². The van der Waals surface area contributed by atoms with Gasteiger partial charge in [0.05, 0.1) is 0 Å². The monoisotopic (exact) mass is 400 g/mol. The van der Waals surface area contributed by atoms with Gasteiger partial charge >= 0.3 is 0 Å². The van der Waals surface area contributed by atoms with Crippen molar-refractivity contribution in [1.82, 2.24) is 10.6 Å². The molecule has 0 spiro atoms. The average molecular weight is 401 g/mol. The Labute approximate surface area is 176 Å². The zero-order chi connectivity index (χ0) is 21.0. The average Bonchev–Trinajstić information content (AvgIpc) is 2.99. The highest BCUT2D eigenvalue weighted by atomic mass is 16.2. The van der Waals surface area contributed by atoms with Crippen LogP contribution in [-0.4, -0.2) is 23.4 Å². The lowest BCUT2D eigenvalue weighted by Gasteiger charge is -2.58. The molecule has 0 aromatic heterocycles. The topological polar surface area (TPSA) is 58.2 Å². The van der Waals surface area contributed by atoms with E-state index < -0.39 is 0 Å². The molecule has 3 aliphatic carbocycles. The Hall–Kier alpha value is -1.32. The maximum Gasteiger partial charge on any atom is 0.243 e. The highest BCUT2D eigenvalue weighted by molar-refractivity contribution is 5.89. The second-order valence-electron chi connectivity index (χ2n) is 11.5. The number of nitrogens with one attached hydrogen (secondary N) is 2. The molecule has 1 heterocycles. The highest BCUT2D eigenvalue weighted by Crippen LogP contribution is 2.65. The third-order valence-electron chi connectivity index (χ3n) is 9.34. The first kappa shape index (κ1) is 20.9. The van der Waals surface area contributed by atoms with Crippen molar-refractivity contribution < 1.29 is 9.59 Å². The minimum Gasteiger partial charge on any atom is -0.351 e. The van der Waals surface area contributed by atoms with Crippen LogP contribution in [0, 0.1) is 34.5 Å². The van der Waals surface area contributed by atoms with Crippen LogP contribution in [-0.2, 0) is 9.59 Å². The molecule has 0 bridgehead atoms. The first-order valence-corrected chi connectivity index (χ1v) is 11.9. The van der Waals surface area contributed by atoms with Gasteiger partial charge in [0.15, 0.2) is 0 Å². The van der Waals surface area contributed by atoms with Gasteiger partial charge in [-0.15, -0.1) is 0 Å². The van der Waals surface area contributed by atoms with Gasteiger partial charge in [-0.1, -0.05) is 33.3 Å². The van der Waals surface area contributed by atoms with Gasteiger partial charge < -0.3 is 10.6 Å². The van der Waals surface area contributed by atoms with Crippen LogP contribution >= 0.6 is 0 Å². The normalized spacial score (nSPS) is 43.8. The Morgan fingerprint density at radius 3 is 2.66 bits per heavy atom. The molecule has 1 aliphatic heterocycles. The lowest BCUT2D eigenvalue weighted by Crippen LogP contribution is -2.59. The van der Waals surface area contributed by atoms with E-state index in [0.29, 0.717) is 17.8 Å². The van der Waals surface area contributed by atoms with E-state index in [1.54, 1.807) is 6.08 Å². The number of carbonyl (C=O) groups excluding carboxylic acids is 2. The van der Waals surface area contributed by atoms with Gasteiger partial charge in [-0.25, -0.2) is 0 Å². The van der Waals surface area contributed by atoms with E-state index in [1.165, 1.54) is 19.3 Å². The van der Waals surface area contributed by atoms with Gasteiger partial charge in [0.1, 0.15) is 0 Å². The Balaban J connectivity index is 1.54. The summed E-state index contributed by atoms with van der Waals surface area (Å²) in [5, 5.41) is 6.63. The summed E-state index contributed by atoms with van der Waals surface area (Å²) < 4.78 is 0. The second kappa shape index (κ2) is 7.13. The Morgan fingerprint density at radius 2 is 1.93 bits per heavy atom. The smallest absolute Gasteiger partial charge is 0.243 e.